The molecule has 10 rings (SSSR count). The van der Waals surface area contributed by atoms with E-state index in [0.29, 0.717) is 77.4 Å². The highest BCUT2D eigenvalue weighted by Crippen LogP contribution is 2.53. The topological polar surface area (TPSA) is 144 Å². The van der Waals surface area contributed by atoms with Crippen LogP contribution in [0, 0.1) is 23.1 Å². The highest BCUT2D eigenvalue weighted by molar-refractivity contribution is 6.10. The Labute approximate surface area is 360 Å². The van der Waals surface area contributed by atoms with Gasteiger partial charge in [-0.25, -0.2) is 19.2 Å². The van der Waals surface area contributed by atoms with Gasteiger partial charge >= 0.3 is 6.09 Å². The molecule has 3 aromatic heterocycles. The van der Waals surface area contributed by atoms with E-state index in [-0.39, 0.29) is 66.6 Å². The summed E-state index contributed by atoms with van der Waals surface area (Å²) in [5, 5.41) is 22.8. The van der Waals surface area contributed by atoms with Gasteiger partial charge in [0.2, 0.25) is 5.91 Å². The van der Waals surface area contributed by atoms with Gasteiger partial charge in [-0.2, -0.15) is 5.26 Å². The zero-order chi connectivity index (χ0) is 43.6. The van der Waals surface area contributed by atoms with E-state index >= 15 is 4.39 Å². The van der Waals surface area contributed by atoms with Gasteiger partial charge in [0, 0.05) is 75.1 Å². The predicted octanol–water partition coefficient (Wildman–Crippen LogP) is 7.62. The summed E-state index contributed by atoms with van der Waals surface area (Å²) in [6, 6.07) is 20.5. The summed E-state index contributed by atoms with van der Waals surface area (Å²) >= 11 is 0. The molecule has 14 heteroatoms. The molecule has 320 valence electrons. The third-order valence-electron chi connectivity index (χ3n) is 12.8. The Morgan fingerprint density at radius 2 is 1.76 bits per heavy atom. The molecule has 13 nitrogen and oxygen atoms in total. The lowest BCUT2D eigenvalue weighted by atomic mass is 9.79. The number of phenolic OH excluding ortho intramolecular Hbond substituents is 1. The fourth-order valence-electron chi connectivity index (χ4n) is 9.62. The second-order valence-corrected chi connectivity index (χ2v) is 18.3. The Kier molecular flexibility index (Phi) is 10.5. The van der Waals surface area contributed by atoms with E-state index in [2.05, 4.69) is 25.4 Å². The van der Waals surface area contributed by atoms with Crippen molar-refractivity contribution in [3.05, 3.63) is 89.8 Å². The van der Waals surface area contributed by atoms with Gasteiger partial charge in [0.25, 0.3) is 0 Å². The third-order valence-corrected chi connectivity index (χ3v) is 12.8. The minimum Gasteiger partial charge on any atom is -0.508 e. The smallest absolute Gasteiger partial charge is 0.410 e. The molecule has 3 aliphatic heterocycles. The number of pyridine rings is 2. The van der Waals surface area contributed by atoms with Gasteiger partial charge in [-0.1, -0.05) is 30.3 Å². The lowest BCUT2D eigenvalue weighted by Gasteiger charge is -2.43. The Hall–Kier alpha value is -6.33. The van der Waals surface area contributed by atoms with Gasteiger partial charge in [-0.15, -0.1) is 0 Å². The molecule has 1 saturated carbocycles. The first-order chi connectivity index (χ1) is 29.7. The number of benzene rings is 3. The van der Waals surface area contributed by atoms with Crippen molar-refractivity contribution in [3.8, 4) is 22.9 Å². The summed E-state index contributed by atoms with van der Waals surface area (Å²) in [6.45, 7) is 7.74. The number of carbonyl (C=O) groups is 2. The van der Waals surface area contributed by atoms with E-state index in [1.165, 1.54) is 0 Å². The molecule has 2 bridgehead atoms. The Balaban J connectivity index is 1.25. The maximum atomic E-state index is 18.0. The number of hydrogen-bond donors (Lipinski definition) is 1. The maximum absolute atomic E-state index is 18.0. The number of amides is 2. The number of anilines is 1. The maximum Gasteiger partial charge on any atom is 0.410 e. The summed E-state index contributed by atoms with van der Waals surface area (Å²) < 4.78 is 26.1. The molecule has 4 aliphatic rings. The van der Waals surface area contributed by atoms with Crippen LogP contribution >= 0.6 is 0 Å². The Bertz CT molecular complexity index is 2770. The monoisotopic (exact) mass is 837 g/mol. The van der Waals surface area contributed by atoms with Crippen molar-refractivity contribution < 1.29 is 23.8 Å². The van der Waals surface area contributed by atoms with Crippen molar-refractivity contribution >= 4 is 50.5 Å². The number of hydrogen-bond acceptors (Lipinski definition) is 10. The molecule has 62 heavy (non-hydrogen) atoms. The number of aromatic nitrogens is 4. The summed E-state index contributed by atoms with van der Waals surface area (Å²) in [7, 11) is 5.85. The predicted molar refractivity (Wildman–Crippen MR) is 236 cm³/mol. The fourth-order valence-corrected chi connectivity index (χ4v) is 9.62. The Morgan fingerprint density at radius 3 is 2.48 bits per heavy atom. The van der Waals surface area contributed by atoms with Crippen LogP contribution in [0.4, 0.5) is 15.0 Å². The minimum atomic E-state index is -0.678. The molecule has 3 unspecified atom stereocenters. The average Bonchev–Trinajstić information content (AvgIpc) is 3.92. The molecule has 6 heterocycles. The fraction of sp³-hybridized carbons (Fsp3) is 0.417. The molecule has 6 aromatic rings. The molecule has 0 radical (unpaired) electrons. The second-order valence-electron chi connectivity index (χ2n) is 18.3. The third kappa shape index (κ3) is 7.31. The van der Waals surface area contributed by atoms with Crippen LogP contribution in [0.5, 0.6) is 5.75 Å². The van der Waals surface area contributed by atoms with Crippen LogP contribution in [0.15, 0.2) is 66.9 Å². The number of aryl methyl sites for hydroxylation is 2. The van der Waals surface area contributed by atoms with Crippen LogP contribution < -0.4 is 4.90 Å². The Morgan fingerprint density at radius 1 is 0.984 bits per heavy atom. The number of imidazole rings is 1. The summed E-state index contributed by atoms with van der Waals surface area (Å²) in [5.41, 5.74) is 2.96. The van der Waals surface area contributed by atoms with Crippen molar-refractivity contribution in [3.63, 3.8) is 0 Å². The summed E-state index contributed by atoms with van der Waals surface area (Å²) in [6.07, 6.45) is 2.95. The SMILES string of the molecule is CN(Cc1ccccn1)C(=O)CCc1nc2c(N3CC(N(C)C)C3)nc3c(F)c(-c4cc(O)cc5ccccc45)c(CCC#N)cc3c2n1C1C2CC1N(C(=O)OC(C)(C)C)C2. The molecule has 0 spiro atoms. The van der Waals surface area contributed by atoms with Crippen LogP contribution in [0.25, 0.3) is 43.8 Å². The number of halogens is 1. The van der Waals surface area contributed by atoms with E-state index in [4.69, 9.17) is 14.7 Å². The first-order valence-corrected chi connectivity index (χ1v) is 21.4. The number of carbonyl (C=O) groups excluding carboxylic acids is 2. The van der Waals surface area contributed by atoms with Crippen molar-refractivity contribution in [1.29, 1.82) is 5.26 Å². The molecular weight excluding hydrogens is 786 g/mol. The highest BCUT2D eigenvalue weighted by Gasteiger charge is 2.56. The van der Waals surface area contributed by atoms with E-state index in [1.54, 1.807) is 30.3 Å². The summed E-state index contributed by atoms with van der Waals surface area (Å²) in [4.78, 5) is 50.2. The lowest BCUT2D eigenvalue weighted by Crippen LogP contribution is -2.57. The van der Waals surface area contributed by atoms with Crippen LogP contribution in [0.2, 0.25) is 0 Å². The molecule has 4 fully saturated rings. The molecule has 1 aliphatic carbocycles. The van der Waals surface area contributed by atoms with Crippen LogP contribution in [-0.4, -0.2) is 110 Å². The normalized spacial score (nSPS) is 18.7. The van der Waals surface area contributed by atoms with Gasteiger partial charge < -0.3 is 34.0 Å². The molecule has 3 aromatic carbocycles. The number of aromatic hydroxyl groups is 1. The van der Waals surface area contributed by atoms with E-state index in [9.17, 15) is 20.0 Å². The number of nitriles is 1. The van der Waals surface area contributed by atoms with Crippen molar-refractivity contribution in [1.82, 2.24) is 34.2 Å². The van der Waals surface area contributed by atoms with Gasteiger partial charge in [0.15, 0.2) is 11.6 Å². The minimum absolute atomic E-state index is 0.00165. The van der Waals surface area contributed by atoms with Crippen LogP contribution in [0.1, 0.15) is 63.2 Å². The van der Waals surface area contributed by atoms with Gasteiger partial charge in [-0.3, -0.25) is 9.78 Å². The number of fused-ring (bicyclic) bond motifs is 5. The van der Waals surface area contributed by atoms with E-state index < -0.39 is 11.4 Å². The number of likely N-dealkylation sites (N-methyl/N-ethyl adjacent to an activating group) is 1. The van der Waals surface area contributed by atoms with Crippen molar-refractivity contribution in [2.75, 3.05) is 45.7 Å². The molecule has 1 N–H and O–H groups in total. The zero-order valence-electron chi connectivity index (χ0n) is 36.1. The van der Waals surface area contributed by atoms with Gasteiger partial charge in [0.1, 0.15) is 28.2 Å². The standard InChI is InChI=1S/C48H52FN9O4/c1-48(2,3)62-47(61)57-24-30-22-37(57)44(30)58-38(16-17-39(60)55(6)25-31-14-9-10-19-51-31)52-43-45(58)36-21-29(13-11-18-50)40(35-23-33(59)20-28-12-7-8-15-34(28)35)41(49)42(36)53-46(43)56-26-32(27-56)54(4)5/h7-10,12,14-15,19-21,23,30,32,37,44,59H,11,13,16-17,22,24-27H2,1-6H3. The number of rotatable bonds is 11. The van der Waals surface area contributed by atoms with Gasteiger partial charge in [0.05, 0.1) is 35.9 Å². The van der Waals surface area contributed by atoms with Crippen LogP contribution in [-0.2, 0) is 28.9 Å². The molecular formula is C48H52FN9O4. The number of phenols is 1. The van der Waals surface area contributed by atoms with E-state index in [0.717, 1.165) is 22.9 Å². The van der Waals surface area contributed by atoms with Gasteiger partial charge in [-0.05, 0) is 99.9 Å². The summed E-state index contributed by atoms with van der Waals surface area (Å²) in [5.74, 6) is 0.658. The van der Waals surface area contributed by atoms with Crippen molar-refractivity contribution in [2.45, 2.75) is 83.1 Å². The second kappa shape index (κ2) is 15.9. The molecule has 3 atom stereocenters. The zero-order valence-corrected chi connectivity index (χ0v) is 36.1. The largest absolute Gasteiger partial charge is 0.508 e. The molecule has 2 amide bonds. The first kappa shape index (κ1) is 41.0. The highest BCUT2D eigenvalue weighted by atomic mass is 19.1. The van der Waals surface area contributed by atoms with Crippen LogP contribution in [0.3, 0.4) is 0 Å². The lowest BCUT2D eigenvalue weighted by molar-refractivity contribution is -0.130. The van der Waals surface area contributed by atoms with Crippen molar-refractivity contribution in [2.24, 2.45) is 5.92 Å². The molecule has 3 saturated heterocycles. The quantitative estimate of drug-likeness (QED) is 0.138. The number of ether oxygens (including phenoxy) is 1. The number of nitrogens with zero attached hydrogens (tertiary/aromatic N) is 9. The average molecular weight is 838 g/mol. The first-order valence-electron chi connectivity index (χ1n) is 21.4. The van der Waals surface area contributed by atoms with E-state index in [1.807, 2.05) is 88.3 Å².